The molecule has 0 unspecified atom stereocenters. The summed E-state index contributed by atoms with van der Waals surface area (Å²) in [7, 11) is 0. The van der Waals surface area contributed by atoms with E-state index in [0.717, 1.165) is 12.8 Å². The van der Waals surface area contributed by atoms with Crippen molar-refractivity contribution in [2.45, 2.75) is 26.7 Å². The first-order valence-corrected chi connectivity index (χ1v) is 5.91. The minimum atomic E-state index is 1.06. The molecule has 1 aromatic carbocycles. The van der Waals surface area contributed by atoms with Crippen molar-refractivity contribution in [3.63, 3.8) is 0 Å². The molecule has 0 aliphatic carbocycles. The highest BCUT2D eigenvalue weighted by atomic mass is 14.0. The Morgan fingerprint density at radius 2 is 1.62 bits per heavy atom. The molecule has 0 heteroatoms. The van der Waals surface area contributed by atoms with Crippen LogP contribution in [0.15, 0.2) is 36.9 Å². The zero-order chi connectivity index (χ0) is 11.8. The van der Waals surface area contributed by atoms with Crippen LogP contribution in [0.3, 0.4) is 0 Å². The fourth-order valence-electron chi connectivity index (χ4n) is 1.51. The smallest absolute Gasteiger partial charge is 0.0181 e. The number of hydrogen-bond acceptors (Lipinski definition) is 0. The van der Waals surface area contributed by atoms with Crippen molar-refractivity contribution in [1.29, 1.82) is 0 Å². The van der Waals surface area contributed by atoms with Gasteiger partial charge in [0.15, 0.2) is 0 Å². The van der Waals surface area contributed by atoms with Gasteiger partial charge in [-0.2, -0.15) is 0 Å². The van der Waals surface area contributed by atoms with Crippen molar-refractivity contribution >= 4 is 18.2 Å². The van der Waals surface area contributed by atoms with Crippen LogP contribution in [0.25, 0.3) is 18.2 Å². The first-order chi connectivity index (χ1) is 7.81. The second kappa shape index (κ2) is 6.84. The molecular formula is C16H20. The first-order valence-electron chi connectivity index (χ1n) is 5.91. The molecule has 84 valence electrons. The molecule has 0 aromatic heterocycles. The Morgan fingerprint density at radius 3 is 2.19 bits per heavy atom. The summed E-state index contributed by atoms with van der Waals surface area (Å²) in [5.74, 6) is 0. The first kappa shape index (κ1) is 12.5. The zero-order valence-corrected chi connectivity index (χ0v) is 10.2. The van der Waals surface area contributed by atoms with E-state index in [1.807, 2.05) is 6.08 Å². The standard InChI is InChI=1S/C16H20/c1-4-7-9-15-12-11-14(6-3)13-16(15)10-8-5-2/h6-13H,3-5H2,1-2H3/b9-7-,10-8-. The number of allylic oxidation sites excluding steroid dienone is 2. The third kappa shape index (κ3) is 3.54. The van der Waals surface area contributed by atoms with Gasteiger partial charge in [0.2, 0.25) is 0 Å². The van der Waals surface area contributed by atoms with E-state index in [9.17, 15) is 0 Å². The molecule has 0 N–H and O–H groups in total. The van der Waals surface area contributed by atoms with Crippen molar-refractivity contribution in [2.24, 2.45) is 0 Å². The lowest BCUT2D eigenvalue weighted by Gasteiger charge is -2.03. The number of benzene rings is 1. The van der Waals surface area contributed by atoms with Crippen molar-refractivity contribution in [3.8, 4) is 0 Å². The normalized spacial score (nSPS) is 11.4. The molecule has 0 aliphatic heterocycles. The summed E-state index contributed by atoms with van der Waals surface area (Å²) >= 11 is 0. The van der Waals surface area contributed by atoms with Crippen LogP contribution in [0.5, 0.6) is 0 Å². The summed E-state index contributed by atoms with van der Waals surface area (Å²) in [6, 6.07) is 6.43. The third-order valence-electron chi connectivity index (χ3n) is 2.41. The van der Waals surface area contributed by atoms with Gasteiger partial charge < -0.3 is 0 Å². The molecule has 0 atom stereocenters. The second-order valence-electron chi connectivity index (χ2n) is 3.71. The van der Waals surface area contributed by atoms with E-state index in [1.165, 1.54) is 16.7 Å². The van der Waals surface area contributed by atoms with Crippen molar-refractivity contribution in [3.05, 3.63) is 53.6 Å². The van der Waals surface area contributed by atoms with Gasteiger partial charge in [-0.05, 0) is 35.6 Å². The molecule has 0 spiro atoms. The lowest BCUT2D eigenvalue weighted by molar-refractivity contribution is 1.23. The molecule has 1 aromatic rings. The molecule has 0 saturated carbocycles. The van der Waals surface area contributed by atoms with E-state index >= 15 is 0 Å². The largest absolute Gasteiger partial charge is 0.0985 e. The SMILES string of the molecule is C=Cc1ccc(/C=C\CC)c(/C=C\CC)c1. The average molecular weight is 212 g/mol. The Bertz CT molecular complexity index is 394. The van der Waals surface area contributed by atoms with E-state index in [1.54, 1.807) is 0 Å². The second-order valence-corrected chi connectivity index (χ2v) is 3.71. The van der Waals surface area contributed by atoms with Crippen LogP contribution in [0.1, 0.15) is 43.4 Å². The fraction of sp³-hybridized carbons (Fsp3) is 0.250. The molecule has 0 fully saturated rings. The van der Waals surface area contributed by atoms with Gasteiger partial charge in [0.05, 0.1) is 0 Å². The molecule has 0 radical (unpaired) electrons. The topological polar surface area (TPSA) is 0 Å². The van der Waals surface area contributed by atoms with Crippen molar-refractivity contribution < 1.29 is 0 Å². The maximum absolute atomic E-state index is 3.80. The highest BCUT2D eigenvalue weighted by Gasteiger charge is 1.96. The Balaban J connectivity index is 3.10. The minimum Gasteiger partial charge on any atom is -0.0985 e. The summed E-state index contributed by atoms with van der Waals surface area (Å²) < 4.78 is 0. The molecule has 0 bridgehead atoms. The van der Waals surface area contributed by atoms with Gasteiger partial charge in [0.1, 0.15) is 0 Å². The molecule has 0 amide bonds. The zero-order valence-electron chi connectivity index (χ0n) is 10.2. The predicted octanol–water partition coefficient (Wildman–Crippen LogP) is 5.18. The summed E-state index contributed by atoms with van der Waals surface area (Å²) in [5, 5.41) is 0. The van der Waals surface area contributed by atoms with Gasteiger partial charge in [0.25, 0.3) is 0 Å². The molecule has 0 saturated heterocycles. The highest BCUT2D eigenvalue weighted by Crippen LogP contribution is 2.17. The fourth-order valence-corrected chi connectivity index (χ4v) is 1.51. The van der Waals surface area contributed by atoms with Crippen LogP contribution < -0.4 is 0 Å². The van der Waals surface area contributed by atoms with E-state index in [4.69, 9.17) is 0 Å². The molecule has 16 heavy (non-hydrogen) atoms. The van der Waals surface area contributed by atoms with Crippen LogP contribution >= 0.6 is 0 Å². The molecule has 0 nitrogen and oxygen atoms in total. The van der Waals surface area contributed by atoms with Gasteiger partial charge in [-0.3, -0.25) is 0 Å². The van der Waals surface area contributed by atoms with Gasteiger partial charge in [-0.15, -0.1) is 0 Å². The van der Waals surface area contributed by atoms with Crippen LogP contribution in [0.2, 0.25) is 0 Å². The molecule has 0 aliphatic rings. The van der Waals surface area contributed by atoms with E-state index in [-0.39, 0.29) is 0 Å². The Morgan fingerprint density at radius 1 is 1.00 bits per heavy atom. The predicted molar refractivity (Wildman–Crippen MR) is 75.2 cm³/mol. The van der Waals surface area contributed by atoms with Crippen LogP contribution in [0.4, 0.5) is 0 Å². The summed E-state index contributed by atoms with van der Waals surface area (Å²) in [6.45, 7) is 8.10. The third-order valence-corrected chi connectivity index (χ3v) is 2.41. The Labute approximate surface area is 99.0 Å². The summed E-state index contributed by atoms with van der Waals surface area (Å²) in [4.78, 5) is 0. The van der Waals surface area contributed by atoms with Gasteiger partial charge in [0, 0.05) is 0 Å². The van der Waals surface area contributed by atoms with Crippen LogP contribution in [-0.2, 0) is 0 Å². The summed E-state index contributed by atoms with van der Waals surface area (Å²) in [6.07, 6.45) is 12.8. The maximum atomic E-state index is 3.80. The Hall–Kier alpha value is -1.56. The quantitative estimate of drug-likeness (QED) is 0.631. The van der Waals surface area contributed by atoms with E-state index < -0.39 is 0 Å². The maximum Gasteiger partial charge on any atom is -0.0181 e. The lowest BCUT2D eigenvalue weighted by Crippen LogP contribution is -1.82. The van der Waals surface area contributed by atoms with Gasteiger partial charge >= 0.3 is 0 Å². The monoisotopic (exact) mass is 212 g/mol. The van der Waals surface area contributed by atoms with Crippen molar-refractivity contribution in [1.82, 2.24) is 0 Å². The highest BCUT2D eigenvalue weighted by molar-refractivity contribution is 5.68. The van der Waals surface area contributed by atoms with Gasteiger partial charge in [-0.1, -0.05) is 62.9 Å². The molecular weight excluding hydrogens is 192 g/mol. The van der Waals surface area contributed by atoms with E-state index in [2.05, 4.69) is 62.9 Å². The number of rotatable bonds is 5. The average Bonchev–Trinajstić information content (AvgIpc) is 2.34. The van der Waals surface area contributed by atoms with E-state index in [0.29, 0.717) is 0 Å². The van der Waals surface area contributed by atoms with Crippen molar-refractivity contribution in [2.75, 3.05) is 0 Å². The summed E-state index contributed by atoms with van der Waals surface area (Å²) in [5.41, 5.74) is 3.71. The van der Waals surface area contributed by atoms with Crippen LogP contribution in [0, 0.1) is 0 Å². The Kier molecular flexibility index (Phi) is 5.35. The molecule has 1 rings (SSSR count). The lowest BCUT2D eigenvalue weighted by atomic mass is 10.0. The number of hydrogen-bond donors (Lipinski definition) is 0. The molecule has 0 heterocycles. The minimum absolute atomic E-state index is 1.06. The van der Waals surface area contributed by atoms with Crippen LogP contribution in [-0.4, -0.2) is 0 Å². The van der Waals surface area contributed by atoms with Gasteiger partial charge in [-0.25, -0.2) is 0 Å².